The van der Waals surface area contributed by atoms with Gasteiger partial charge in [0.15, 0.2) is 5.54 Å². The Kier molecular flexibility index (Phi) is 3.62. The maximum Gasteiger partial charge on any atom is 0.336 e. The first kappa shape index (κ1) is 16.5. The number of likely N-dealkylation sites (tertiary alicyclic amines) is 1. The number of ether oxygens (including phenoxy) is 1. The van der Waals surface area contributed by atoms with Crippen LogP contribution in [-0.4, -0.2) is 41.5 Å². The van der Waals surface area contributed by atoms with Crippen LogP contribution in [0.4, 0.5) is 0 Å². The van der Waals surface area contributed by atoms with Gasteiger partial charge in [0.2, 0.25) is 0 Å². The van der Waals surface area contributed by atoms with Crippen molar-refractivity contribution in [2.45, 2.75) is 31.0 Å². The fourth-order valence-electron chi connectivity index (χ4n) is 4.90. The van der Waals surface area contributed by atoms with Crippen molar-refractivity contribution < 1.29 is 14.3 Å². The molecule has 1 saturated carbocycles. The molecule has 0 bridgehead atoms. The molecule has 2 aromatic rings. The zero-order chi connectivity index (χ0) is 18.5. The van der Waals surface area contributed by atoms with Gasteiger partial charge >= 0.3 is 5.97 Å². The van der Waals surface area contributed by atoms with E-state index in [1.54, 1.807) is 12.1 Å². The van der Waals surface area contributed by atoms with Gasteiger partial charge in [-0.2, -0.15) is 0 Å². The molecule has 2 atom stereocenters. The first-order valence-electron chi connectivity index (χ1n) is 9.51. The Bertz CT molecular complexity index is 875. The summed E-state index contributed by atoms with van der Waals surface area (Å²) in [6.07, 6.45) is 1.57. The summed E-state index contributed by atoms with van der Waals surface area (Å²) in [6.45, 7) is 2.73. The Labute approximate surface area is 158 Å². The summed E-state index contributed by atoms with van der Waals surface area (Å²) in [5.41, 5.74) is 0.834. The van der Waals surface area contributed by atoms with Gasteiger partial charge in [0.05, 0.1) is 5.41 Å². The van der Waals surface area contributed by atoms with E-state index in [0.717, 1.165) is 32.5 Å². The molecule has 0 aromatic heterocycles. The molecule has 1 amide bonds. The van der Waals surface area contributed by atoms with Gasteiger partial charge in [-0.15, -0.1) is 0 Å². The maximum atomic E-state index is 12.6. The van der Waals surface area contributed by atoms with Gasteiger partial charge < -0.3 is 10.1 Å². The van der Waals surface area contributed by atoms with E-state index in [0.29, 0.717) is 5.56 Å². The number of carbonyl (C=O) groups excluding carboxylic acids is 2. The summed E-state index contributed by atoms with van der Waals surface area (Å²) in [4.78, 5) is 27.4. The van der Waals surface area contributed by atoms with Crippen LogP contribution in [-0.2, 0) is 16.1 Å². The SMILES string of the molecule is O=C(NC12C(=O)OC1C21CCN(Cc2ccccc2)CC1)c1ccccc1. The summed E-state index contributed by atoms with van der Waals surface area (Å²) in [5.74, 6) is -0.464. The van der Waals surface area contributed by atoms with Crippen molar-refractivity contribution in [2.24, 2.45) is 5.41 Å². The second-order valence-electron chi connectivity index (χ2n) is 7.83. The summed E-state index contributed by atoms with van der Waals surface area (Å²) >= 11 is 0. The fraction of sp³-hybridized carbons (Fsp3) is 0.364. The second kappa shape index (κ2) is 5.92. The van der Waals surface area contributed by atoms with E-state index in [1.165, 1.54) is 5.56 Å². The highest BCUT2D eigenvalue weighted by atomic mass is 16.6. The van der Waals surface area contributed by atoms with Gasteiger partial charge in [-0.25, -0.2) is 4.79 Å². The van der Waals surface area contributed by atoms with E-state index in [2.05, 4.69) is 34.5 Å². The van der Waals surface area contributed by atoms with Crippen LogP contribution in [0.1, 0.15) is 28.8 Å². The minimum absolute atomic E-state index is 0.163. The highest BCUT2D eigenvalue weighted by molar-refractivity contribution is 6.04. The van der Waals surface area contributed by atoms with Crippen LogP contribution in [0.3, 0.4) is 0 Å². The number of hydrogen-bond donors (Lipinski definition) is 1. The largest absolute Gasteiger partial charge is 0.457 e. The number of rotatable bonds is 4. The van der Waals surface area contributed by atoms with E-state index in [9.17, 15) is 9.59 Å². The summed E-state index contributed by atoms with van der Waals surface area (Å²) < 4.78 is 5.43. The number of fused-ring (bicyclic) bond motifs is 3. The predicted octanol–water partition coefficient (Wildman–Crippen LogP) is 2.38. The van der Waals surface area contributed by atoms with Crippen molar-refractivity contribution in [3.8, 4) is 0 Å². The van der Waals surface area contributed by atoms with Crippen LogP contribution < -0.4 is 5.32 Å². The lowest BCUT2D eigenvalue weighted by Crippen LogP contribution is -2.56. The second-order valence-corrected chi connectivity index (χ2v) is 7.83. The van der Waals surface area contributed by atoms with Crippen LogP contribution in [0.2, 0.25) is 0 Å². The van der Waals surface area contributed by atoms with Crippen molar-refractivity contribution in [2.75, 3.05) is 13.1 Å². The third-order valence-corrected chi connectivity index (χ3v) is 6.49. The van der Waals surface area contributed by atoms with E-state index in [-0.39, 0.29) is 23.4 Å². The van der Waals surface area contributed by atoms with Crippen molar-refractivity contribution >= 4 is 11.9 Å². The molecule has 3 aliphatic rings. The van der Waals surface area contributed by atoms with E-state index in [1.807, 2.05) is 24.3 Å². The Morgan fingerprint density at radius 3 is 2.30 bits per heavy atom. The van der Waals surface area contributed by atoms with E-state index < -0.39 is 5.54 Å². The molecule has 2 heterocycles. The third-order valence-electron chi connectivity index (χ3n) is 6.49. The van der Waals surface area contributed by atoms with Gasteiger partial charge in [0.1, 0.15) is 6.10 Å². The molecule has 1 aliphatic carbocycles. The molecule has 2 aliphatic heterocycles. The molecule has 27 heavy (non-hydrogen) atoms. The number of esters is 1. The topological polar surface area (TPSA) is 58.6 Å². The number of carbonyl (C=O) groups is 2. The van der Waals surface area contributed by atoms with E-state index in [4.69, 9.17) is 4.74 Å². The first-order valence-corrected chi connectivity index (χ1v) is 9.51. The Morgan fingerprint density at radius 2 is 1.67 bits per heavy atom. The van der Waals surface area contributed by atoms with Crippen LogP contribution in [0.25, 0.3) is 0 Å². The Hall–Kier alpha value is -2.66. The molecular formula is C22H22N2O3. The zero-order valence-electron chi connectivity index (χ0n) is 15.1. The average molecular weight is 362 g/mol. The molecule has 138 valence electrons. The number of nitrogens with zero attached hydrogens (tertiary/aromatic N) is 1. The number of amides is 1. The lowest BCUT2D eigenvalue weighted by molar-refractivity contribution is -0.162. The molecule has 1 N–H and O–H groups in total. The van der Waals surface area contributed by atoms with Gasteiger partial charge in [-0.3, -0.25) is 9.69 Å². The maximum absolute atomic E-state index is 12.6. The first-order chi connectivity index (χ1) is 13.2. The molecule has 0 radical (unpaired) electrons. The van der Waals surface area contributed by atoms with Crippen molar-refractivity contribution in [3.05, 3.63) is 71.8 Å². The number of benzene rings is 2. The predicted molar refractivity (Wildman–Crippen MR) is 99.9 cm³/mol. The number of hydrogen-bond acceptors (Lipinski definition) is 4. The third kappa shape index (κ3) is 2.34. The highest BCUT2D eigenvalue weighted by Gasteiger charge is 2.91. The number of piperidine rings is 1. The van der Waals surface area contributed by atoms with Crippen molar-refractivity contribution in [1.29, 1.82) is 0 Å². The van der Waals surface area contributed by atoms with Gasteiger partial charge in [0, 0.05) is 12.1 Å². The molecule has 5 nitrogen and oxygen atoms in total. The summed E-state index contributed by atoms with van der Waals surface area (Å²) in [5, 5.41) is 3.03. The molecule has 5 heteroatoms. The Morgan fingerprint density at radius 1 is 1.04 bits per heavy atom. The minimum Gasteiger partial charge on any atom is -0.457 e. The molecular weight excluding hydrogens is 340 g/mol. The Balaban J connectivity index is 1.28. The normalized spacial score (nSPS) is 28.0. The fourth-order valence-corrected chi connectivity index (χ4v) is 4.90. The summed E-state index contributed by atoms with van der Waals surface area (Å²) in [7, 11) is 0. The van der Waals surface area contributed by atoms with Crippen LogP contribution >= 0.6 is 0 Å². The van der Waals surface area contributed by atoms with Crippen molar-refractivity contribution in [3.63, 3.8) is 0 Å². The molecule has 2 unspecified atom stereocenters. The minimum atomic E-state index is -0.807. The molecule has 3 fully saturated rings. The standard InChI is InChI=1S/C22H22N2O3/c25-18(17-9-5-2-6-10-17)23-22-19(27-20(22)26)21(22)11-13-24(14-12-21)15-16-7-3-1-4-8-16/h1-10,19H,11-15H2,(H,23,25). The van der Waals surface area contributed by atoms with Crippen LogP contribution in [0.15, 0.2) is 60.7 Å². The van der Waals surface area contributed by atoms with E-state index >= 15 is 0 Å². The zero-order valence-corrected chi connectivity index (χ0v) is 15.1. The van der Waals surface area contributed by atoms with Crippen LogP contribution in [0.5, 0.6) is 0 Å². The lowest BCUT2D eigenvalue weighted by Gasteiger charge is -2.33. The monoisotopic (exact) mass is 362 g/mol. The summed E-state index contributed by atoms with van der Waals surface area (Å²) in [6, 6.07) is 19.5. The van der Waals surface area contributed by atoms with Gasteiger partial charge in [-0.1, -0.05) is 48.5 Å². The molecule has 5 rings (SSSR count). The highest BCUT2D eigenvalue weighted by Crippen LogP contribution is 2.70. The molecule has 2 aromatic carbocycles. The van der Waals surface area contributed by atoms with Crippen LogP contribution in [0, 0.1) is 5.41 Å². The molecule has 2 saturated heterocycles. The smallest absolute Gasteiger partial charge is 0.336 e. The number of nitrogens with one attached hydrogen (secondary N) is 1. The molecule has 1 spiro atoms. The van der Waals surface area contributed by atoms with Crippen molar-refractivity contribution in [1.82, 2.24) is 10.2 Å². The lowest BCUT2D eigenvalue weighted by atomic mass is 9.88. The van der Waals surface area contributed by atoms with Gasteiger partial charge in [0.25, 0.3) is 5.91 Å². The average Bonchev–Trinajstić information content (AvgIpc) is 3.16. The van der Waals surface area contributed by atoms with Gasteiger partial charge in [-0.05, 0) is 43.6 Å². The quantitative estimate of drug-likeness (QED) is 0.849.